The van der Waals surface area contributed by atoms with E-state index in [0.717, 1.165) is 54.1 Å². The monoisotopic (exact) mass is 428 g/mol. The van der Waals surface area contributed by atoms with Gasteiger partial charge < -0.3 is 16.0 Å². The van der Waals surface area contributed by atoms with Crippen molar-refractivity contribution in [3.05, 3.63) is 59.3 Å². The second-order valence-electron chi connectivity index (χ2n) is 9.00. The summed E-state index contributed by atoms with van der Waals surface area (Å²) in [7, 11) is 0. The van der Waals surface area contributed by atoms with E-state index in [9.17, 15) is 4.39 Å². The number of pyridine rings is 1. The summed E-state index contributed by atoms with van der Waals surface area (Å²) in [5.74, 6) is 0.560. The first-order valence-electron chi connectivity index (χ1n) is 11.2. The van der Waals surface area contributed by atoms with Gasteiger partial charge in [-0.2, -0.15) is 0 Å². The summed E-state index contributed by atoms with van der Waals surface area (Å²) in [4.78, 5) is 13.0. The lowest BCUT2D eigenvalue weighted by atomic mass is 10.0. The molecule has 162 valence electrons. The number of nitrogens with two attached hydrogens (primary N) is 2. The van der Waals surface area contributed by atoms with E-state index < -0.39 is 5.82 Å². The molecule has 4 N–H and O–H groups in total. The Morgan fingerprint density at radius 1 is 1.06 bits per heavy atom. The summed E-state index contributed by atoms with van der Waals surface area (Å²) >= 11 is 0. The molecule has 3 heterocycles. The fourth-order valence-electron chi connectivity index (χ4n) is 5.57. The minimum Gasteiger partial charge on any atom is -0.383 e. The maximum atomic E-state index is 13.6. The number of halogens is 1. The second kappa shape index (κ2) is 7.29. The topological polar surface area (TPSA) is 95.6 Å². The van der Waals surface area contributed by atoms with E-state index in [1.807, 2.05) is 18.2 Å². The summed E-state index contributed by atoms with van der Waals surface area (Å²) in [6.07, 6.45) is 12.7. The number of nitrogen functional groups attached to an aromatic ring is 2. The molecule has 1 saturated carbocycles. The molecule has 2 aliphatic carbocycles. The lowest BCUT2D eigenvalue weighted by molar-refractivity contribution is 0.503. The van der Waals surface area contributed by atoms with Gasteiger partial charge in [-0.15, -0.1) is 0 Å². The van der Waals surface area contributed by atoms with Crippen LogP contribution in [0.3, 0.4) is 0 Å². The van der Waals surface area contributed by atoms with Crippen LogP contribution in [0.15, 0.2) is 36.7 Å². The molecule has 0 amide bonds. The highest BCUT2D eigenvalue weighted by Crippen LogP contribution is 2.43. The third-order valence-electron chi connectivity index (χ3n) is 7.06. The van der Waals surface area contributed by atoms with Crippen LogP contribution in [0.1, 0.15) is 48.5 Å². The average molecular weight is 429 g/mol. The molecule has 6 nitrogen and oxygen atoms in total. The Balaban J connectivity index is 1.26. The molecule has 0 radical (unpaired) electrons. The second-order valence-corrected chi connectivity index (χ2v) is 9.00. The maximum absolute atomic E-state index is 13.6. The Morgan fingerprint density at radius 3 is 2.88 bits per heavy atom. The van der Waals surface area contributed by atoms with Crippen LogP contribution in [0.5, 0.6) is 0 Å². The molecule has 0 aliphatic heterocycles. The zero-order valence-corrected chi connectivity index (χ0v) is 17.8. The predicted molar refractivity (Wildman–Crippen MR) is 125 cm³/mol. The van der Waals surface area contributed by atoms with Crippen LogP contribution in [-0.2, 0) is 12.8 Å². The van der Waals surface area contributed by atoms with Crippen LogP contribution >= 0.6 is 0 Å². The third kappa shape index (κ3) is 3.03. The minimum absolute atomic E-state index is 0.0619. The Kier molecular flexibility index (Phi) is 4.38. The number of aryl methyl sites for hydroxylation is 1. The maximum Gasteiger partial charge on any atom is 0.165 e. The Hall–Kier alpha value is -3.48. The number of aromatic nitrogens is 4. The molecule has 4 aromatic rings. The number of hydrogen-bond donors (Lipinski definition) is 2. The van der Waals surface area contributed by atoms with Gasteiger partial charge in [0.2, 0.25) is 0 Å². The summed E-state index contributed by atoms with van der Waals surface area (Å²) < 4.78 is 16.1. The van der Waals surface area contributed by atoms with E-state index in [-0.39, 0.29) is 5.82 Å². The third-order valence-corrected chi connectivity index (χ3v) is 7.06. The predicted octanol–water partition coefficient (Wildman–Crippen LogP) is 4.83. The van der Waals surface area contributed by atoms with Gasteiger partial charge in [0.1, 0.15) is 17.8 Å². The minimum atomic E-state index is -0.478. The molecule has 1 aromatic carbocycles. The van der Waals surface area contributed by atoms with Crippen LogP contribution in [-0.4, -0.2) is 19.5 Å². The van der Waals surface area contributed by atoms with Crippen LogP contribution < -0.4 is 11.5 Å². The molecule has 0 saturated heterocycles. The fourth-order valence-corrected chi connectivity index (χ4v) is 5.57. The molecule has 2 atom stereocenters. The molecule has 6 rings (SSSR count). The smallest absolute Gasteiger partial charge is 0.165 e. The molecule has 0 spiro atoms. The van der Waals surface area contributed by atoms with Gasteiger partial charge in [-0.1, -0.05) is 24.3 Å². The lowest BCUT2D eigenvalue weighted by Gasteiger charge is -2.17. The summed E-state index contributed by atoms with van der Waals surface area (Å²) in [5.41, 5.74) is 17.4. The average Bonchev–Trinajstić information content (AvgIpc) is 3.49. The molecule has 2 unspecified atom stereocenters. The largest absolute Gasteiger partial charge is 0.383 e. The first-order valence-corrected chi connectivity index (χ1v) is 11.2. The number of fused-ring (bicyclic) bond motifs is 4. The standard InChI is InChI=1S/C25H25FN6/c26-19-12-16-8-6-15(11-20(16)31-23(19)27)5-4-14-7-9-17(10-14)32-21-3-1-2-18(21)22-24(28)29-13-30-25(22)32/h4-6,8,11-14,17H,1-3,7,9-10H2,(H2,27,31)(H2,28,29,30)/b5-4+. The van der Waals surface area contributed by atoms with Crippen LogP contribution in [0.25, 0.3) is 28.0 Å². The molecule has 2 aliphatic rings. The number of anilines is 2. The summed E-state index contributed by atoms with van der Waals surface area (Å²) in [6, 6.07) is 7.71. The SMILES string of the molecule is Nc1nc2cc(/C=C/C3CCC(n4c5c(c6c(N)ncnc64)CCC5)C3)ccc2cc1F. The van der Waals surface area contributed by atoms with Crippen molar-refractivity contribution in [2.24, 2.45) is 5.92 Å². The molecular weight excluding hydrogens is 403 g/mol. The normalized spacial score (nSPS) is 20.7. The molecule has 0 bridgehead atoms. The van der Waals surface area contributed by atoms with Crippen LogP contribution in [0.2, 0.25) is 0 Å². The van der Waals surface area contributed by atoms with Gasteiger partial charge in [0.25, 0.3) is 0 Å². The van der Waals surface area contributed by atoms with Crippen molar-refractivity contribution < 1.29 is 4.39 Å². The molecular formula is C25H25FN6. The highest BCUT2D eigenvalue weighted by atomic mass is 19.1. The highest BCUT2D eigenvalue weighted by molar-refractivity contribution is 5.91. The van der Waals surface area contributed by atoms with E-state index in [1.165, 1.54) is 23.7 Å². The number of allylic oxidation sites excluding steroid dienone is 1. The van der Waals surface area contributed by atoms with Crippen molar-refractivity contribution in [2.45, 2.75) is 44.6 Å². The highest BCUT2D eigenvalue weighted by Gasteiger charge is 2.31. The van der Waals surface area contributed by atoms with Crippen molar-refractivity contribution in [2.75, 3.05) is 11.5 Å². The van der Waals surface area contributed by atoms with E-state index in [4.69, 9.17) is 11.5 Å². The fraction of sp³-hybridized carbons (Fsp3) is 0.320. The van der Waals surface area contributed by atoms with E-state index in [2.05, 4.69) is 31.7 Å². The van der Waals surface area contributed by atoms with Gasteiger partial charge in [-0.3, -0.25) is 0 Å². The van der Waals surface area contributed by atoms with Crippen molar-refractivity contribution >= 4 is 39.6 Å². The van der Waals surface area contributed by atoms with E-state index in [0.29, 0.717) is 23.3 Å². The van der Waals surface area contributed by atoms with E-state index in [1.54, 1.807) is 6.33 Å². The molecule has 1 fully saturated rings. The first-order chi connectivity index (χ1) is 15.6. The lowest BCUT2D eigenvalue weighted by Crippen LogP contribution is -2.09. The number of benzene rings is 1. The van der Waals surface area contributed by atoms with Gasteiger partial charge in [-0.25, -0.2) is 19.3 Å². The van der Waals surface area contributed by atoms with Crippen LogP contribution in [0, 0.1) is 11.7 Å². The molecule has 32 heavy (non-hydrogen) atoms. The van der Waals surface area contributed by atoms with Gasteiger partial charge >= 0.3 is 0 Å². The van der Waals surface area contributed by atoms with Crippen molar-refractivity contribution in [3.63, 3.8) is 0 Å². The van der Waals surface area contributed by atoms with E-state index >= 15 is 0 Å². The summed E-state index contributed by atoms with van der Waals surface area (Å²) in [5, 5.41) is 1.82. The number of rotatable bonds is 3. The van der Waals surface area contributed by atoms with Crippen molar-refractivity contribution in [1.82, 2.24) is 19.5 Å². The number of hydrogen-bond acceptors (Lipinski definition) is 5. The van der Waals surface area contributed by atoms with Gasteiger partial charge in [-0.05, 0) is 67.7 Å². The van der Waals surface area contributed by atoms with Gasteiger partial charge in [0.15, 0.2) is 11.6 Å². The van der Waals surface area contributed by atoms with Crippen LogP contribution in [0.4, 0.5) is 16.0 Å². The van der Waals surface area contributed by atoms with Crippen molar-refractivity contribution in [3.8, 4) is 0 Å². The molecule has 3 aromatic heterocycles. The van der Waals surface area contributed by atoms with Gasteiger partial charge in [0, 0.05) is 17.1 Å². The quantitative estimate of drug-likeness (QED) is 0.487. The van der Waals surface area contributed by atoms with Crippen molar-refractivity contribution in [1.29, 1.82) is 0 Å². The molecule has 7 heteroatoms. The Morgan fingerprint density at radius 2 is 1.97 bits per heavy atom. The Labute approximate surface area is 185 Å². The first kappa shape index (κ1) is 19.2. The number of nitrogens with zero attached hydrogens (tertiary/aromatic N) is 4. The zero-order valence-electron chi connectivity index (χ0n) is 17.8. The Bertz CT molecular complexity index is 1390. The zero-order chi connectivity index (χ0) is 21.8. The summed E-state index contributed by atoms with van der Waals surface area (Å²) in [6.45, 7) is 0. The van der Waals surface area contributed by atoms with Gasteiger partial charge in [0.05, 0.1) is 10.9 Å².